The molecule has 0 aliphatic heterocycles. The minimum atomic E-state index is -0.0422. The third-order valence-corrected chi connectivity index (χ3v) is 5.10. The van der Waals surface area contributed by atoms with Crippen LogP contribution in [-0.2, 0) is 4.79 Å². The van der Waals surface area contributed by atoms with Gasteiger partial charge < -0.3 is 15.0 Å². The molecule has 0 aromatic heterocycles. The number of carbonyl (C=O) groups is 1. The van der Waals surface area contributed by atoms with Crippen molar-refractivity contribution >= 4 is 18.3 Å². The normalized spacial score (nSPS) is 16.4. The monoisotopic (exact) mass is 354 g/mol. The second-order valence-corrected chi connectivity index (χ2v) is 6.97. The summed E-state index contributed by atoms with van der Waals surface area (Å²) in [6, 6.07) is 6.01. The molecule has 0 atom stereocenters. The van der Waals surface area contributed by atoms with Gasteiger partial charge in [-0.05, 0) is 51.9 Å². The smallest absolute Gasteiger partial charge is 0.258 e. The van der Waals surface area contributed by atoms with Crippen molar-refractivity contribution in [1.29, 1.82) is 0 Å². The molecule has 1 fully saturated rings. The van der Waals surface area contributed by atoms with Gasteiger partial charge in [0.15, 0.2) is 6.61 Å². The van der Waals surface area contributed by atoms with Gasteiger partial charge in [-0.2, -0.15) is 0 Å². The maximum absolute atomic E-state index is 12.2. The SMILES string of the molecule is Cc1cccc(C)c1OCC(=O)NCC1(N(C)C)CCCCC1.Cl. The Hall–Kier alpha value is -1.26. The summed E-state index contributed by atoms with van der Waals surface area (Å²) in [5.41, 5.74) is 2.23. The molecule has 0 heterocycles. The summed E-state index contributed by atoms with van der Waals surface area (Å²) in [4.78, 5) is 14.5. The molecule has 1 saturated carbocycles. The highest BCUT2D eigenvalue weighted by Crippen LogP contribution is 2.31. The Morgan fingerprint density at radius 1 is 1.17 bits per heavy atom. The topological polar surface area (TPSA) is 41.6 Å². The number of halogens is 1. The fraction of sp³-hybridized carbons (Fsp3) is 0.632. The molecule has 1 aromatic rings. The highest BCUT2D eigenvalue weighted by Gasteiger charge is 2.34. The van der Waals surface area contributed by atoms with Crippen LogP contribution in [0.4, 0.5) is 0 Å². The van der Waals surface area contributed by atoms with Crippen LogP contribution in [0.25, 0.3) is 0 Å². The largest absolute Gasteiger partial charge is 0.483 e. The van der Waals surface area contributed by atoms with Gasteiger partial charge in [0.05, 0.1) is 0 Å². The molecule has 0 unspecified atom stereocenters. The molecular weight excluding hydrogens is 324 g/mol. The van der Waals surface area contributed by atoms with Crippen molar-refractivity contribution in [3.05, 3.63) is 29.3 Å². The van der Waals surface area contributed by atoms with Crippen LogP contribution in [0.15, 0.2) is 18.2 Å². The van der Waals surface area contributed by atoms with Crippen molar-refractivity contribution < 1.29 is 9.53 Å². The Labute approximate surface area is 152 Å². The zero-order valence-corrected chi connectivity index (χ0v) is 16.2. The number of hydrogen-bond donors (Lipinski definition) is 1. The van der Waals surface area contributed by atoms with Crippen LogP contribution in [0.2, 0.25) is 0 Å². The van der Waals surface area contributed by atoms with Crippen LogP contribution >= 0.6 is 12.4 Å². The average molecular weight is 355 g/mol. The molecule has 5 heteroatoms. The first-order valence-electron chi connectivity index (χ1n) is 8.58. The summed E-state index contributed by atoms with van der Waals surface area (Å²) in [5, 5.41) is 3.08. The van der Waals surface area contributed by atoms with Crippen LogP contribution in [0.5, 0.6) is 5.75 Å². The van der Waals surface area contributed by atoms with Crippen molar-refractivity contribution in [3.63, 3.8) is 0 Å². The lowest BCUT2D eigenvalue weighted by Gasteiger charge is -2.43. The number of nitrogens with zero attached hydrogens (tertiary/aromatic N) is 1. The van der Waals surface area contributed by atoms with Gasteiger partial charge in [0.2, 0.25) is 0 Å². The Morgan fingerprint density at radius 2 is 1.75 bits per heavy atom. The minimum absolute atomic E-state index is 0. The molecule has 1 amide bonds. The molecule has 4 nitrogen and oxygen atoms in total. The minimum Gasteiger partial charge on any atom is -0.483 e. The van der Waals surface area contributed by atoms with E-state index in [1.54, 1.807) is 0 Å². The molecule has 1 aliphatic rings. The Bertz CT molecular complexity index is 520. The number of rotatable bonds is 6. The fourth-order valence-electron chi connectivity index (χ4n) is 3.47. The van der Waals surface area contributed by atoms with E-state index >= 15 is 0 Å². The van der Waals surface area contributed by atoms with E-state index in [1.165, 1.54) is 19.3 Å². The van der Waals surface area contributed by atoms with Crippen molar-refractivity contribution in [2.24, 2.45) is 0 Å². The summed E-state index contributed by atoms with van der Waals surface area (Å²) in [7, 11) is 4.23. The molecule has 24 heavy (non-hydrogen) atoms. The molecule has 136 valence electrons. The molecule has 1 aliphatic carbocycles. The Morgan fingerprint density at radius 3 is 2.29 bits per heavy atom. The molecule has 0 saturated heterocycles. The Balaban J connectivity index is 0.00000288. The highest BCUT2D eigenvalue weighted by molar-refractivity contribution is 5.85. The number of aryl methyl sites for hydroxylation is 2. The number of para-hydroxylation sites is 1. The van der Waals surface area contributed by atoms with E-state index in [4.69, 9.17) is 4.74 Å². The third-order valence-electron chi connectivity index (χ3n) is 5.10. The van der Waals surface area contributed by atoms with Gasteiger partial charge in [-0.3, -0.25) is 4.79 Å². The number of ether oxygens (including phenoxy) is 1. The van der Waals surface area contributed by atoms with Crippen LogP contribution < -0.4 is 10.1 Å². The molecule has 0 radical (unpaired) electrons. The van der Waals surface area contributed by atoms with Gasteiger partial charge in [-0.1, -0.05) is 37.5 Å². The number of benzene rings is 1. The third kappa shape index (κ3) is 5.12. The molecular formula is C19H31ClN2O2. The van der Waals surface area contributed by atoms with Crippen molar-refractivity contribution in [1.82, 2.24) is 10.2 Å². The van der Waals surface area contributed by atoms with E-state index in [0.29, 0.717) is 6.54 Å². The van der Waals surface area contributed by atoms with Crippen molar-refractivity contribution in [2.45, 2.75) is 51.5 Å². The number of amides is 1. The van der Waals surface area contributed by atoms with Crippen LogP contribution in [-0.4, -0.2) is 43.6 Å². The fourth-order valence-corrected chi connectivity index (χ4v) is 3.47. The van der Waals surface area contributed by atoms with Gasteiger partial charge in [-0.25, -0.2) is 0 Å². The zero-order chi connectivity index (χ0) is 16.9. The molecule has 1 aromatic carbocycles. The molecule has 0 bridgehead atoms. The molecule has 1 N–H and O–H groups in total. The summed E-state index contributed by atoms with van der Waals surface area (Å²) in [5.74, 6) is 0.780. The average Bonchev–Trinajstić information content (AvgIpc) is 2.53. The summed E-state index contributed by atoms with van der Waals surface area (Å²) in [6.45, 7) is 4.79. The highest BCUT2D eigenvalue weighted by atomic mass is 35.5. The van der Waals surface area contributed by atoms with Gasteiger partial charge in [0.1, 0.15) is 5.75 Å². The lowest BCUT2D eigenvalue weighted by Crippen LogP contribution is -2.54. The van der Waals surface area contributed by atoms with E-state index in [-0.39, 0.29) is 30.5 Å². The van der Waals surface area contributed by atoms with E-state index < -0.39 is 0 Å². The van der Waals surface area contributed by atoms with E-state index in [0.717, 1.165) is 29.7 Å². The van der Waals surface area contributed by atoms with Gasteiger partial charge in [-0.15, -0.1) is 12.4 Å². The predicted octanol–water partition coefficient (Wildman–Crippen LogP) is 3.48. The summed E-state index contributed by atoms with van der Waals surface area (Å²) in [6.07, 6.45) is 6.09. The van der Waals surface area contributed by atoms with E-state index in [1.807, 2.05) is 32.0 Å². The summed E-state index contributed by atoms with van der Waals surface area (Å²) < 4.78 is 5.74. The molecule has 2 rings (SSSR count). The first-order chi connectivity index (χ1) is 10.9. The van der Waals surface area contributed by atoms with Crippen molar-refractivity contribution in [2.75, 3.05) is 27.2 Å². The second kappa shape index (κ2) is 9.28. The quantitative estimate of drug-likeness (QED) is 0.850. The first-order valence-corrected chi connectivity index (χ1v) is 8.58. The van der Waals surface area contributed by atoms with Gasteiger partial charge >= 0.3 is 0 Å². The van der Waals surface area contributed by atoms with E-state index in [2.05, 4.69) is 24.3 Å². The number of hydrogen-bond acceptors (Lipinski definition) is 3. The number of likely N-dealkylation sites (N-methyl/N-ethyl adjacent to an activating group) is 1. The zero-order valence-electron chi connectivity index (χ0n) is 15.4. The number of carbonyl (C=O) groups excluding carboxylic acids is 1. The summed E-state index contributed by atoms with van der Waals surface area (Å²) >= 11 is 0. The number of nitrogens with one attached hydrogen (secondary N) is 1. The predicted molar refractivity (Wildman–Crippen MR) is 101 cm³/mol. The van der Waals surface area contributed by atoms with Crippen LogP contribution in [0, 0.1) is 13.8 Å². The lowest BCUT2D eigenvalue weighted by atomic mass is 9.80. The first kappa shape index (κ1) is 20.8. The molecule has 0 spiro atoms. The lowest BCUT2D eigenvalue weighted by molar-refractivity contribution is -0.123. The van der Waals surface area contributed by atoms with E-state index in [9.17, 15) is 4.79 Å². The maximum Gasteiger partial charge on any atom is 0.258 e. The van der Waals surface area contributed by atoms with Gasteiger partial charge in [0, 0.05) is 12.1 Å². The second-order valence-electron chi connectivity index (χ2n) is 6.97. The van der Waals surface area contributed by atoms with Crippen LogP contribution in [0.1, 0.15) is 43.2 Å². The Kier molecular flexibility index (Phi) is 8.04. The van der Waals surface area contributed by atoms with Crippen molar-refractivity contribution in [3.8, 4) is 5.75 Å². The standard InChI is InChI=1S/C19H30N2O2.ClH/c1-15-9-8-10-16(2)18(15)23-13-17(22)20-14-19(21(3)4)11-6-5-7-12-19;/h8-10H,5-7,11-14H2,1-4H3,(H,20,22);1H. The maximum atomic E-state index is 12.2. The van der Waals surface area contributed by atoms with Gasteiger partial charge in [0.25, 0.3) is 5.91 Å². The van der Waals surface area contributed by atoms with Crippen LogP contribution in [0.3, 0.4) is 0 Å².